The predicted molar refractivity (Wildman–Crippen MR) is 138 cm³/mol. The molecule has 1 aliphatic heterocycles. The van der Waals surface area contributed by atoms with Crippen molar-refractivity contribution in [3.63, 3.8) is 0 Å². The highest BCUT2D eigenvalue weighted by molar-refractivity contribution is 6.07. The molecule has 2 atom stereocenters. The van der Waals surface area contributed by atoms with Crippen molar-refractivity contribution in [1.82, 2.24) is 0 Å². The highest BCUT2D eigenvalue weighted by Gasteiger charge is 2.43. The average molecular weight is 499 g/mol. The van der Waals surface area contributed by atoms with Crippen LogP contribution in [0, 0.1) is 24.2 Å². The maximum Gasteiger partial charge on any atom is 0.336 e. The number of methoxy groups -OCH3 is 1. The number of nitriles is 1. The van der Waals surface area contributed by atoms with Crippen molar-refractivity contribution in [1.29, 1.82) is 5.26 Å². The van der Waals surface area contributed by atoms with Crippen molar-refractivity contribution in [2.75, 3.05) is 13.7 Å². The van der Waals surface area contributed by atoms with Gasteiger partial charge in [-0.05, 0) is 26.8 Å². The number of para-hydroxylation sites is 1. The number of allylic oxidation sites excluding steroid dienone is 1. The molecule has 0 saturated carbocycles. The Kier molecular flexibility index (Phi) is 7.35. The highest BCUT2D eigenvalue weighted by atomic mass is 16.5. The summed E-state index contributed by atoms with van der Waals surface area (Å²) in [6.45, 7) is 4.95. The number of ether oxygens (including phenoxy) is 2. The number of fused-ring (bicyclic) bond motifs is 1. The van der Waals surface area contributed by atoms with Crippen LogP contribution in [-0.2, 0) is 19.1 Å². The van der Waals surface area contributed by atoms with Gasteiger partial charge in [-0.15, -0.1) is 0 Å². The lowest BCUT2D eigenvalue weighted by Crippen LogP contribution is -2.36. The molecule has 1 aliphatic rings. The lowest BCUT2D eigenvalue weighted by atomic mass is 9.75. The topological polar surface area (TPSA) is 119 Å². The highest BCUT2D eigenvalue weighted by Crippen LogP contribution is 2.43. The standard InChI is InChI=1S/C29H26N2O6/c1-16-25(32)21-13-8-12-20(27(21)37-26(16)19-10-6-5-7-11-19)24-22(28(33)35-4)17(2)31-18(3)23(24)29(34)36-15-9-14-30/h5-8,10-13,22,24H,9,15H2,1-4H3. The molecule has 2 aromatic carbocycles. The van der Waals surface area contributed by atoms with Crippen molar-refractivity contribution in [3.05, 3.63) is 81.2 Å². The van der Waals surface area contributed by atoms with Gasteiger partial charge in [0.1, 0.15) is 23.9 Å². The molecule has 2 heterocycles. The number of rotatable bonds is 6. The van der Waals surface area contributed by atoms with Gasteiger partial charge in [-0.1, -0.05) is 42.5 Å². The summed E-state index contributed by atoms with van der Waals surface area (Å²) in [6.07, 6.45) is 0.0221. The number of benzene rings is 2. The fourth-order valence-electron chi connectivity index (χ4n) is 4.78. The molecule has 0 amide bonds. The summed E-state index contributed by atoms with van der Waals surface area (Å²) in [5.41, 5.74) is 2.67. The summed E-state index contributed by atoms with van der Waals surface area (Å²) in [6, 6.07) is 16.3. The summed E-state index contributed by atoms with van der Waals surface area (Å²) in [5, 5.41) is 9.19. The number of carbonyl (C=O) groups is 2. The van der Waals surface area contributed by atoms with Crippen molar-refractivity contribution in [2.24, 2.45) is 10.9 Å². The number of carbonyl (C=O) groups excluding carboxylic acids is 2. The second-order valence-electron chi connectivity index (χ2n) is 8.75. The SMILES string of the molecule is COC(=O)C1C(C)=NC(C)=C(C(=O)OCCC#N)C1c1cccc2c(=O)c(C)c(-c3ccccc3)oc12. The Hall–Kier alpha value is -4.51. The van der Waals surface area contributed by atoms with E-state index in [4.69, 9.17) is 19.2 Å². The molecule has 2 unspecified atom stereocenters. The van der Waals surface area contributed by atoms with E-state index in [9.17, 15) is 14.4 Å². The third kappa shape index (κ3) is 4.68. The van der Waals surface area contributed by atoms with Crippen LogP contribution in [0.1, 0.15) is 37.3 Å². The molecular formula is C29H26N2O6. The molecule has 0 spiro atoms. The van der Waals surface area contributed by atoms with Crippen LogP contribution >= 0.6 is 0 Å². The van der Waals surface area contributed by atoms with E-state index in [2.05, 4.69) is 4.99 Å². The first-order chi connectivity index (χ1) is 17.8. The Labute approximate surface area is 213 Å². The minimum Gasteiger partial charge on any atom is -0.468 e. The van der Waals surface area contributed by atoms with Crippen molar-refractivity contribution in [2.45, 2.75) is 33.1 Å². The van der Waals surface area contributed by atoms with E-state index in [-0.39, 0.29) is 29.6 Å². The van der Waals surface area contributed by atoms with E-state index >= 15 is 0 Å². The quantitative estimate of drug-likeness (QED) is 0.352. The zero-order chi connectivity index (χ0) is 26.7. The first-order valence-electron chi connectivity index (χ1n) is 11.8. The van der Waals surface area contributed by atoms with Crippen LogP contribution < -0.4 is 5.43 Å². The normalized spacial score (nSPS) is 17.2. The molecule has 0 fully saturated rings. The van der Waals surface area contributed by atoms with Gasteiger partial charge < -0.3 is 13.9 Å². The Morgan fingerprint density at radius 3 is 2.49 bits per heavy atom. The Morgan fingerprint density at radius 2 is 1.81 bits per heavy atom. The first kappa shape index (κ1) is 25.6. The molecule has 0 N–H and O–H groups in total. The minimum atomic E-state index is -0.954. The third-order valence-electron chi connectivity index (χ3n) is 6.50. The van der Waals surface area contributed by atoms with Crippen LogP contribution in [0.5, 0.6) is 0 Å². The summed E-state index contributed by atoms with van der Waals surface area (Å²) >= 11 is 0. The van der Waals surface area contributed by atoms with Crippen LogP contribution in [0.4, 0.5) is 0 Å². The second kappa shape index (κ2) is 10.6. The van der Waals surface area contributed by atoms with Gasteiger partial charge in [-0.2, -0.15) is 5.26 Å². The summed E-state index contributed by atoms with van der Waals surface area (Å²) in [5.74, 6) is -2.73. The molecule has 0 radical (unpaired) electrons. The smallest absolute Gasteiger partial charge is 0.336 e. The first-order valence-corrected chi connectivity index (χ1v) is 11.8. The van der Waals surface area contributed by atoms with Crippen molar-refractivity contribution < 1.29 is 23.5 Å². The second-order valence-corrected chi connectivity index (χ2v) is 8.75. The van der Waals surface area contributed by atoms with E-state index in [1.807, 2.05) is 36.4 Å². The van der Waals surface area contributed by atoms with Crippen LogP contribution in [0.3, 0.4) is 0 Å². The molecule has 1 aromatic heterocycles. The van der Waals surface area contributed by atoms with Gasteiger partial charge in [0.05, 0.1) is 30.6 Å². The average Bonchev–Trinajstić information content (AvgIpc) is 2.90. The Bertz CT molecular complexity index is 1540. The molecule has 0 saturated heterocycles. The minimum absolute atomic E-state index is 0.0221. The van der Waals surface area contributed by atoms with E-state index in [1.54, 1.807) is 39.0 Å². The molecule has 0 aliphatic carbocycles. The van der Waals surface area contributed by atoms with E-state index in [1.165, 1.54) is 7.11 Å². The molecule has 0 bridgehead atoms. The van der Waals surface area contributed by atoms with E-state index in [0.29, 0.717) is 33.7 Å². The van der Waals surface area contributed by atoms with Gasteiger partial charge in [0.15, 0.2) is 5.43 Å². The molecule has 37 heavy (non-hydrogen) atoms. The summed E-state index contributed by atoms with van der Waals surface area (Å²) in [7, 11) is 1.27. The molecule has 3 aromatic rings. The Morgan fingerprint density at radius 1 is 1.08 bits per heavy atom. The monoisotopic (exact) mass is 498 g/mol. The number of hydrogen-bond acceptors (Lipinski definition) is 8. The van der Waals surface area contributed by atoms with Crippen LogP contribution in [-0.4, -0.2) is 31.4 Å². The zero-order valence-electron chi connectivity index (χ0n) is 21.0. The van der Waals surface area contributed by atoms with Gasteiger partial charge in [0, 0.05) is 34.0 Å². The maximum atomic E-state index is 13.4. The van der Waals surface area contributed by atoms with E-state index < -0.39 is 23.8 Å². The van der Waals surface area contributed by atoms with Gasteiger partial charge in [-0.3, -0.25) is 14.6 Å². The molecular weight excluding hydrogens is 472 g/mol. The molecule has 8 nitrogen and oxygen atoms in total. The molecule has 188 valence electrons. The number of nitrogens with zero attached hydrogens (tertiary/aromatic N) is 2. The Balaban J connectivity index is 2.01. The summed E-state index contributed by atoms with van der Waals surface area (Å²) < 4.78 is 16.8. The number of aliphatic imine (C=N–C) groups is 1. The van der Waals surface area contributed by atoms with Gasteiger partial charge in [0.25, 0.3) is 0 Å². The van der Waals surface area contributed by atoms with Crippen molar-refractivity contribution >= 4 is 28.6 Å². The fraction of sp³-hybridized carbons (Fsp3) is 0.276. The lowest BCUT2D eigenvalue weighted by Gasteiger charge is -2.31. The van der Waals surface area contributed by atoms with Crippen LogP contribution in [0.25, 0.3) is 22.3 Å². The third-order valence-corrected chi connectivity index (χ3v) is 6.50. The van der Waals surface area contributed by atoms with Gasteiger partial charge in [-0.25, -0.2) is 4.79 Å². The molecule has 4 rings (SSSR count). The number of hydrogen-bond donors (Lipinski definition) is 0. The largest absolute Gasteiger partial charge is 0.468 e. The van der Waals surface area contributed by atoms with Crippen molar-refractivity contribution in [3.8, 4) is 17.4 Å². The lowest BCUT2D eigenvalue weighted by molar-refractivity contribution is -0.144. The predicted octanol–water partition coefficient (Wildman–Crippen LogP) is 4.85. The number of esters is 2. The zero-order valence-corrected chi connectivity index (χ0v) is 21.0. The van der Waals surface area contributed by atoms with E-state index in [0.717, 1.165) is 5.56 Å². The van der Waals surface area contributed by atoms with Gasteiger partial charge in [0.2, 0.25) is 0 Å². The fourth-order valence-corrected chi connectivity index (χ4v) is 4.78. The summed E-state index contributed by atoms with van der Waals surface area (Å²) in [4.78, 5) is 44.2. The maximum absolute atomic E-state index is 13.4. The molecule has 8 heteroatoms. The van der Waals surface area contributed by atoms with Crippen LogP contribution in [0.15, 0.2) is 74.0 Å². The van der Waals surface area contributed by atoms with Gasteiger partial charge >= 0.3 is 11.9 Å². The van der Waals surface area contributed by atoms with Crippen LogP contribution in [0.2, 0.25) is 0 Å².